The number of benzene rings is 2. The maximum atomic E-state index is 13.3. The molecule has 0 fully saturated rings. The molecule has 0 saturated carbocycles. The second kappa shape index (κ2) is 6.67. The molecular weight excluding hydrogens is 408 g/mol. The van der Waals surface area contributed by atoms with Crippen LogP contribution >= 0.6 is 27.3 Å². The van der Waals surface area contributed by atoms with Crippen LogP contribution in [-0.4, -0.2) is 9.55 Å². The van der Waals surface area contributed by atoms with Gasteiger partial charge in [0.05, 0.1) is 11.2 Å². The van der Waals surface area contributed by atoms with Gasteiger partial charge in [0, 0.05) is 10.0 Å². The lowest BCUT2D eigenvalue weighted by molar-refractivity contribution is 0.929. The summed E-state index contributed by atoms with van der Waals surface area (Å²) in [5.74, 6) is 0.557. The number of hydrogen-bond acceptors (Lipinski definition) is 3. The van der Waals surface area contributed by atoms with Crippen LogP contribution in [0.1, 0.15) is 17.0 Å². The molecule has 0 aliphatic rings. The Kier molecular flexibility index (Phi) is 4.34. The Balaban J connectivity index is 2.07. The fourth-order valence-corrected chi connectivity index (χ4v) is 4.26. The van der Waals surface area contributed by atoms with Crippen molar-refractivity contribution in [3.63, 3.8) is 0 Å². The van der Waals surface area contributed by atoms with E-state index in [2.05, 4.69) is 22.5 Å². The smallest absolute Gasteiger partial charge is 0.267 e. The van der Waals surface area contributed by atoms with Gasteiger partial charge in [0.15, 0.2) is 0 Å². The van der Waals surface area contributed by atoms with Crippen LogP contribution in [0.4, 0.5) is 0 Å². The highest BCUT2D eigenvalue weighted by Gasteiger charge is 2.19. The first kappa shape index (κ1) is 16.9. The number of hydrogen-bond donors (Lipinski definition) is 0. The molecule has 0 amide bonds. The van der Waals surface area contributed by atoms with Gasteiger partial charge in [-0.3, -0.25) is 9.36 Å². The van der Waals surface area contributed by atoms with Crippen LogP contribution in [0.5, 0.6) is 0 Å². The van der Waals surface area contributed by atoms with E-state index in [4.69, 9.17) is 4.98 Å². The Hall–Kier alpha value is -2.50. The minimum atomic E-state index is -0.0671. The van der Waals surface area contributed by atoms with Crippen LogP contribution in [0.25, 0.3) is 21.5 Å². The molecule has 2 heterocycles. The molecule has 26 heavy (non-hydrogen) atoms. The molecule has 0 N–H and O–H groups in total. The van der Waals surface area contributed by atoms with E-state index in [-0.39, 0.29) is 5.56 Å². The van der Waals surface area contributed by atoms with Gasteiger partial charge in [-0.05, 0) is 41.6 Å². The normalized spacial score (nSPS) is 11.0. The standard InChI is InChI=1S/C21H15BrN2OS/c1-13-7-3-6-10-18(13)24-20(14(2)15-8-4-5-9-16(15)22)23-17-11-12-26-19(17)21(24)25/h3-12H,2H2,1H3. The van der Waals surface area contributed by atoms with E-state index in [1.54, 1.807) is 4.57 Å². The summed E-state index contributed by atoms with van der Waals surface area (Å²) in [6.45, 7) is 6.25. The number of aromatic nitrogens is 2. The highest BCUT2D eigenvalue weighted by Crippen LogP contribution is 2.30. The van der Waals surface area contributed by atoms with Crippen LogP contribution in [0, 0.1) is 6.92 Å². The first-order valence-electron chi connectivity index (χ1n) is 8.08. The van der Waals surface area contributed by atoms with Crippen LogP contribution < -0.4 is 5.56 Å². The Bertz CT molecular complexity index is 1210. The molecule has 0 saturated heterocycles. The predicted octanol–water partition coefficient (Wildman–Crippen LogP) is 5.58. The minimum absolute atomic E-state index is 0.0671. The van der Waals surface area contributed by atoms with E-state index in [1.165, 1.54) is 11.3 Å². The van der Waals surface area contributed by atoms with Crippen LogP contribution in [0.3, 0.4) is 0 Å². The zero-order chi connectivity index (χ0) is 18.3. The molecule has 0 aliphatic carbocycles. The van der Waals surface area contributed by atoms with Crippen molar-refractivity contribution < 1.29 is 0 Å². The van der Waals surface area contributed by atoms with E-state index in [0.29, 0.717) is 21.6 Å². The summed E-state index contributed by atoms with van der Waals surface area (Å²) >= 11 is 4.99. The first-order valence-corrected chi connectivity index (χ1v) is 9.75. The van der Waals surface area contributed by atoms with Gasteiger partial charge in [0.2, 0.25) is 0 Å². The molecule has 0 unspecified atom stereocenters. The lowest BCUT2D eigenvalue weighted by Crippen LogP contribution is -2.23. The summed E-state index contributed by atoms with van der Waals surface area (Å²) < 4.78 is 3.24. The van der Waals surface area contributed by atoms with Gasteiger partial charge in [-0.25, -0.2) is 4.98 Å². The monoisotopic (exact) mass is 422 g/mol. The first-order chi connectivity index (χ1) is 12.6. The van der Waals surface area contributed by atoms with Gasteiger partial charge < -0.3 is 0 Å². The van der Waals surface area contributed by atoms with Crippen molar-refractivity contribution in [1.82, 2.24) is 9.55 Å². The summed E-state index contributed by atoms with van der Waals surface area (Å²) in [7, 11) is 0. The highest BCUT2D eigenvalue weighted by atomic mass is 79.9. The van der Waals surface area contributed by atoms with E-state index < -0.39 is 0 Å². The zero-order valence-electron chi connectivity index (χ0n) is 14.1. The van der Waals surface area contributed by atoms with E-state index in [0.717, 1.165) is 21.3 Å². The number of halogens is 1. The Morgan fingerprint density at radius 2 is 1.85 bits per heavy atom. The van der Waals surface area contributed by atoms with Crippen LogP contribution in [0.15, 0.2) is 75.8 Å². The number of para-hydroxylation sites is 1. The third-order valence-electron chi connectivity index (χ3n) is 4.31. The highest BCUT2D eigenvalue weighted by molar-refractivity contribution is 9.10. The maximum absolute atomic E-state index is 13.3. The van der Waals surface area contributed by atoms with Gasteiger partial charge in [-0.15, -0.1) is 11.3 Å². The maximum Gasteiger partial charge on any atom is 0.276 e. The molecule has 2 aromatic heterocycles. The molecule has 0 radical (unpaired) electrons. The fourth-order valence-electron chi connectivity index (χ4n) is 2.98. The van der Waals surface area contributed by atoms with E-state index in [9.17, 15) is 4.79 Å². The summed E-state index contributed by atoms with van der Waals surface area (Å²) in [5, 5.41) is 1.90. The molecule has 0 bridgehead atoms. The van der Waals surface area contributed by atoms with Gasteiger partial charge >= 0.3 is 0 Å². The van der Waals surface area contributed by atoms with Crippen molar-refractivity contribution in [1.29, 1.82) is 0 Å². The Labute approximate surface area is 163 Å². The molecule has 0 aliphatic heterocycles. The van der Waals surface area contributed by atoms with Crippen LogP contribution in [-0.2, 0) is 0 Å². The lowest BCUT2D eigenvalue weighted by atomic mass is 10.1. The summed E-state index contributed by atoms with van der Waals surface area (Å²) in [6, 6.07) is 17.5. The second-order valence-electron chi connectivity index (χ2n) is 5.96. The predicted molar refractivity (Wildman–Crippen MR) is 112 cm³/mol. The van der Waals surface area contributed by atoms with Crippen LogP contribution in [0.2, 0.25) is 0 Å². The molecule has 4 aromatic rings. The third-order valence-corrected chi connectivity index (χ3v) is 5.89. The molecule has 5 heteroatoms. The van der Waals surface area contributed by atoms with Gasteiger partial charge in [-0.1, -0.05) is 58.9 Å². The number of fused-ring (bicyclic) bond motifs is 1. The zero-order valence-corrected chi connectivity index (χ0v) is 16.5. The van der Waals surface area contributed by atoms with Crippen molar-refractivity contribution in [2.24, 2.45) is 0 Å². The van der Waals surface area contributed by atoms with E-state index >= 15 is 0 Å². The SMILES string of the molecule is C=C(c1ccccc1Br)c1nc2ccsc2c(=O)n1-c1ccccc1C. The van der Waals surface area contributed by atoms with Gasteiger partial charge in [0.25, 0.3) is 5.56 Å². The van der Waals surface area contributed by atoms with Crippen molar-refractivity contribution in [2.75, 3.05) is 0 Å². The number of thiophene rings is 1. The molecule has 0 atom stereocenters. The molecule has 128 valence electrons. The van der Waals surface area contributed by atoms with Crippen molar-refractivity contribution in [3.8, 4) is 5.69 Å². The summed E-state index contributed by atoms with van der Waals surface area (Å²) in [4.78, 5) is 18.0. The number of rotatable bonds is 3. The largest absolute Gasteiger partial charge is 0.276 e. The average molecular weight is 423 g/mol. The third kappa shape index (κ3) is 2.73. The Morgan fingerprint density at radius 1 is 1.12 bits per heavy atom. The quantitative estimate of drug-likeness (QED) is 0.431. The second-order valence-corrected chi connectivity index (χ2v) is 7.73. The molecule has 3 nitrogen and oxygen atoms in total. The van der Waals surface area contributed by atoms with Crippen molar-refractivity contribution in [2.45, 2.75) is 6.92 Å². The fraction of sp³-hybridized carbons (Fsp3) is 0.0476. The molecular formula is C21H15BrN2OS. The number of nitrogens with zero attached hydrogens (tertiary/aromatic N) is 2. The number of aryl methyl sites for hydroxylation is 1. The lowest BCUT2D eigenvalue weighted by Gasteiger charge is -2.17. The average Bonchev–Trinajstić information content (AvgIpc) is 3.11. The Morgan fingerprint density at radius 3 is 2.62 bits per heavy atom. The topological polar surface area (TPSA) is 34.9 Å². The van der Waals surface area contributed by atoms with Gasteiger partial charge in [-0.2, -0.15) is 0 Å². The van der Waals surface area contributed by atoms with E-state index in [1.807, 2.05) is 66.9 Å². The van der Waals surface area contributed by atoms with Crippen molar-refractivity contribution in [3.05, 3.63) is 98.3 Å². The molecule has 2 aromatic carbocycles. The van der Waals surface area contributed by atoms with Gasteiger partial charge in [0.1, 0.15) is 10.5 Å². The molecule has 0 spiro atoms. The van der Waals surface area contributed by atoms with Crippen molar-refractivity contribution >= 4 is 43.1 Å². The summed E-state index contributed by atoms with van der Waals surface area (Å²) in [6.07, 6.45) is 0. The molecule has 4 rings (SSSR count). The summed E-state index contributed by atoms with van der Waals surface area (Å²) in [5.41, 5.74) is 4.08. The minimum Gasteiger partial charge on any atom is -0.267 e.